The van der Waals surface area contributed by atoms with Gasteiger partial charge in [0.25, 0.3) is 0 Å². The Morgan fingerprint density at radius 1 is 1.24 bits per heavy atom. The fraction of sp³-hybridized carbons (Fsp3) is 0.333. The summed E-state index contributed by atoms with van der Waals surface area (Å²) in [5, 5.41) is 9.85. The third kappa shape index (κ3) is 2.68. The van der Waals surface area contributed by atoms with Crippen molar-refractivity contribution in [2.24, 2.45) is 0 Å². The van der Waals surface area contributed by atoms with E-state index in [1.54, 1.807) is 12.1 Å². The summed E-state index contributed by atoms with van der Waals surface area (Å²) < 4.78 is 13.6. The minimum absolute atomic E-state index is 0.00731. The Balaban J connectivity index is 2.07. The number of hydrogen-bond acceptors (Lipinski definition) is 3. The lowest BCUT2D eigenvalue weighted by molar-refractivity contribution is 0.460. The average molecular weight is 234 g/mol. The average Bonchev–Trinajstić information content (AvgIpc) is 2.82. The molecule has 2 N–H and O–H groups in total. The second kappa shape index (κ2) is 5.05. The molecule has 0 aliphatic carbocycles. The highest BCUT2D eigenvalue weighted by Crippen LogP contribution is 2.19. The van der Waals surface area contributed by atoms with Crippen molar-refractivity contribution in [3.8, 4) is 0 Å². The summed E-state index contributed by atoms with van der Waals surface area (Å²) in [6.45, 7) is 3.88. The largest absolute Gasteiger partial charge is 0.301 e. The third-order valence-corrected chi connectivity index (χ3v) is 2.72. The predicted molar refractivity (Wildman–Crippen MR) is 62.7 cm³/mol. The van der Waals surface area contributed by atoms with Gasteiger partial charge in [0.15, 0.2) is 0 Å². The Labute approximate surface area is 99.3 Å². The standard InChI is InChI=1S/C12H15FN4/c1-8(10-5-3-4-6-11(10)13)16-9(2)12-14-7-15-17-12/h3-9,16H,1-2H3,(H,14,15,17). The minimum Gasteiger partial charge on any atom is -0.301 e. The summed E-state index contributed by atoms with van der Waals surface area (Å²) in [6.07, 6.45) is 1.46. The molecule has 0 saturated carbocycles. The number of H-pyrrole nitrogens is 1. The van der Waals surface area contributed by atoms with Crippen LogP contribution >= 0.6 is 0 Å². The van der Waals surface area contributed by atoms with E-state index < -0.39 is 0 Å². The molecule has 4 nitrogen and oxygen atoms in total. The van der Waals surface area contributed by atoms with Crippen molar-refractivity contribution < 1.29 is 4.39 Å². The number of halogens is 1. The zero-order valence-corrected chi connectivity index (χ0v) is 9.81. The summed E-state index contributed by atoms with van der Waals surface area (Å²) in [5.41, 5.74) is 0.652. The van der Waals surface area contributed by atoms with E-state index in [9.17, 15) is 4.39 Å². The molecule has 90 valence electrons. The van der Waals surface area contributed by atoms with Crippen molar-refractivity contribution >= 4 is 0 Å². The van der Waals surface area contributed by atoms with Crippen LogP contribution in [0, 0.1) is 5.82 Å². The van der Waals surface area contributed by atoms with Gasteiger partial charge in [-0.2, -0.15) is 5.10 Å². The molecule has 2 aromatic rings. The van der Waals surface area contributed by atoms with Gasteiger partial charge in [-0.05, 0) is 19.9 Å². The topological polar surface area (TPSA) is 53.6 Å². The second-order valence-electron chi connectivity index (χ2n) is 4.00. The van der Waals surface area contributed by atoms with Gasteiger partial charge in [0.05, 0.1) is 6.04 Å². The number of aromatic amines is 1. The van der Waals surface area contributed by atoms with Crippen LogP contribution in [0.4, 0.5) is 4.39 Å². The maximum absolute atomic E-state index is 13.6. The smallest absolute Gasteiger partial charge is 0.141 e. The summed E-state index contributed by atoms with van der Waals surface area (Å²) in [7, 11) is 0. The van der Waals surface area contributed by atoms with E-state index in [0.29, 0.717) is 5.56 Å². The maximum Gasteiger partial charge on any atom is 0.141 e. The lowest BCUT2D eigenvalue weighted by atomic mass is 10.1. The fourth-order valence-electron chi connectivity index (χ4n) is 1.79. The zero-order chi connectivity index (χ0) is 12.3. The molecule has 0 radical (unpaired) electrons. The Hall–Kier alpha value is -1.75. The first-order chi connectivity index (χ1) is 8.18. The highest BCUT2D eigenvalue weighted by Gasteiger charge is 2.15. The van der Waals surface area contributed by atoms with Crippen LogP contribution in [-0.4, -0.2) is 15.2 Å². The van der Waals surface area contributed by atoms with Gasteiger partial charge in [-0.25, -0.2) is 9.37 Å². The molecule has 5 heteroatoms. The first kappa shape index (κ1) is 11.7. The number of benzene rings is 1. The third-order valence-electron chi connectivity index (χ3n) is 2.72. The van der Waals surface area contributed by atoms with Gasteiger partial charge >= 0.3 is 0 Å². The van der Waals surface area contributed by atoms with E-state index in [2.05, 4.69) is 20.5 Å². The molecule has 2 atom stereocenters. The van der Waals surface area contributed by atoms with Crippen LogP contribution in [0.2, 0.25) is 0 Å². The molecule has 0 aliphatic rings. The molecule has 0 bridgehead atoms. The van der Waals surface area contributed by atoms with Crippen LogP contribution < -0.4 is 5.32 Å². The molecular formula is C12H15FN4. The van der Waals surface area contributed by atoms with Crippen molar-refractivity contribution in [3.05, 3.63) is 47.8 Å². The SMILES string of the molecule is CC(NC(C)c1ccccc1F)c1ncn[nH]1. The Morgan fingerprint density at radius 2 is 2.00 bits per heavy atom. The van der Waals surface area contributed by atoms with Crippen LogP contribution in [-0.2, 0) is 0 Å². The van der Waals surface area contributed by atoms with E-state index in [1.165, 1.54) is 12.4 Å². The number of aromatic nitrogens is 3. The monoisotopic (exact) mass is 234 g/mol. The minimum atomic E-state index is -0.197. The molecule has 1 aromatic carbocycles. The van der Waals surface area contributed by atoms with Gasteiger partial charge < -0.3 is 5.32 Å². The van der Waals surface area contributed by atoms with Gasteiger partial charge in [0.2, 0.25) is 0 Å². The Kier molecular flexibility index (Phi) is 3.49. The molecule has 2 rings (SSSR count). The van der Waals surface area contributed by atoms with Crippen molar-refractivity contribution in [1.29, 1.82) is 0 Å². The fourth-order valence-corrected chi connectivity index (χ4v) is 1.79. The maximum atomic E-state index is 13.6. The normalized spacial score (nSPS) is 14.5. The highest BCUT2D eigenvalue weighted by molar-refractivity contribution is 5.20. The van der Waals surface area contributed by atoms with E-state index in [-0.39, 0.29) is 17.9 Å². The lowest BCUT2D eigenvalue weighted by Crippen LogP contribution is -2.24. The van der Waals surface area contributed by atoms with Crippen LogP contribution in [0.3, 0.4) is 0 Å². The van der Waals surface area contributed by atoms with Crippen molar-refractivity contribution in [2.45, 2.75) is 25.9 Å². The molecule has 2 unspecified atom stereocenters. The van der Waals surface area contributed by atoms with Crippen LogP contribution in [0.1, 0.15) is 37.3 Å². The summed E-state index contributed by atoms with van der Waals surface area (Å²) >= 11 is 0. The van der Waals surface area contributed by atoms with Crippen molar-refractivity contribution in [2.75, 3.05) is 0 Å². The summed E-state index contributed by atoms with van der Waals surface area (Å²) in [6, 6.07) is 6.66. The van der Waals surface area contributed by atoms with Gasteiger partial charge in [-0.3, -0.25) is 5.10 Å². The van der Waals surface area contributed by atoms with Crippen LogP contribution in [0.25, 0.3) is 0 Å². The van der Waals surface area contributed by atoms with E-state index in [4.69, 9.17) is 0 Å². The molecular weight excluding hydrogens is 219 g/mol. The van der Waals surface area contributed by atoms with Gasteiger partial charge in [-0.15, -0.1) is 0 Å². The van der Waals surface area contributed by atoms with E-state index in [1.807, 2.05) is 19.9 Å². The number of hydrogen-bond donors (Lipinski definition) is 2. The molecule has 0 amide bonds. The Morgan fingerprint density at radius 3 is 2.65 bits per heavy atom. The summed E-state index contributed by atoms with van der Waals surface area (Å²) in [5.74, 6) is 0.547. The van der Waals surface area contributed by atoms with Crippen molar-refractivity contribution in [1.82, 2.24) is 20.5 Å². The predicted octanol–water partition coefficient (Wildman–Crippen LogP) is 2.36. The van der Waals surface area contributed by atoms with Gasteiger partial charge in [0.1, 0.15) is 18.0 Å². The molecule has 1 heterocycles. The number of nitrogens with one attached hydrogen (secondary N) is 2. The molecule has 0 spiro atoms. The quantitative estimate of drug-likeness (QED) is 0.853. The van der Waals surface area contributed by atoms with Crippen molar-refractivity contribution in [3.63, 3.8) is 0 Å². The molecule has 0 saturated heterocycles. The second-order valence-corrected chi connectivity index (χ2v) is 4.00. The zero-order valence-electron chi connectivity index (χ0n) is 9.81. The van der Waals surface area contributed by atoms with E-state index in [0.717, 1.165) is 5.82 Å². The van der Waals surface area contributed by atoms with Gasteiger partial charge in [-0.1, -0.05) is 18.2 Å². The van der Waals surface area contributed by atoms with Crippen LogP contribution in [0.15, 0.2) is 30.6 Å². The molecule has 0 aliphatic heterocycles. The Bertz CT molecular complexity index is 469. The lowest BCUT2D eigenvalue weighted by Gasteiger charge is -2.19. The first-order valence-electron chi connectivity index (χ1n) is 5.54. The molecule has 0 fully saturated rings. The number of nitrogens with zero attached hydrogens (tertiary/aromatic N) is 2. The van der Waals surface area contributed by atoms with Gasteiger partial charge in [0, 0.05) is 11.6 Å². The first-order valence-corrected chi connectivity index (χ1v) is 5.54. The number of rotatable bonds is 4. The highest BCUT2D eigenvalue weighted by atomic mass is 19.1. The molecule has 17 heavy (non-hydrogen) atoms. The van der Waals surface area contributed by atoms with E-state index >= 15 is 0 Å². The molecule has 1 aromatic heterocycles. The van der Waals surface area contributed by atoms with Crippen LogP contribution in [0.5, 0.6) is 0 Å². The summed E-state index contributed by atoms with van der Waals surface area (Å²) in [4.78, 5) is 4.06.